The van der Waals surface area contributed by atoms with E-state index in [1.807, 2.05) is 12.1 Å². The van der Waals surface area contributed by atoms with Gasteiger partial charge in [-0.2, -0.15) is 0 Å². The van der Waals surface area contributed by atoms with Crippen LogP contribution in [0.1, 0.15) is 25.7 Å². The Morgan fingerprint density at radius 3 is 1.75 bits per heavy atom. The molecule has 0 radical (unpaired) electrons. The van der Waals surface area contributed by atoms with Crippen LogP contribution in [0.5, 0.6) is 0 Å². The van der Waals surface area contributed by atoms with Gasteiger partial charge in [0.15, 0.2) is 0 Å². The molecule has 2 aromatic rings. The maximum absolute atomic E-state index is 10.4. The smallest absolute Gasteiger partial charge is 0.0747 e. The van der Waals surface area contributed by atoms with Gasteiger partial charge in [-0.15, -0.1) is 0 Å². The summed E-state index contributed by atoms with van der Waals surface area (Å²) < 4.78 is 0. The van der Waals surface area contributed by atoms with Crippen molar-refractivity contribution in [2.75, 3.05) is 4.90 Å². The Morgan fingerprint density at radius 1 is 0.750 bits per heavy atom. The van der Waals surface area contributed by atoms with Crippen LogP contribution in [0.15, 0.2) is 60.7 Å². The van der Waals surface area contributed by atoms with Crippen LogP contribution < -0.4 is 4.90 Å². The summed E-state index contributed by atoms with van der Waals surface area (Å²) in [5.74, 6) is 0. The second-order valence-corrected chi connectivity index (χ2v) is 5.46. The molecule has 0 amide bonds. The predicted octanol–water partition coefficient (Wildman–Crippen LogP) is 4.13. The summed E-state index contributed by atoms with van der Waals surface area (Å²) in [4.78, 5) is 2.30. The van der Waals surface area contributed by atoms with E-state index in [0.29, 0.717) is 0 Å². The molecule has 0 spiro atoms. The summed E-state index contributed by atoms with van der Waals surface area (Å²) in [5.41, 5.74) is 2.31. The molecule has 2 aromatic carbocycles. The SMILES string of the molecule is O[C@H]1CCCC[C@H]1N(c1ccccc1)c1ccccc1. The Balaban J connectivity index is 1.99. The number of para-hydroxylation sites is 2. The van der Waals surface area contributed by atoms with Gasteiger partial charge in [-0.1, -0.05) is 49.2 Å². The van der Waals surface area contributed by atoms with Crippen molar-refractivity contribution < 1.29 is 5.11 Å². The van der Waals surface area contributed by atoms with Crippen LogP contribution in [0.2, 0.25) is 0 Å². The van der Waals surface area contributed by atoms with Gasteiger partial charge in [0.1, 0.15) is 0 Å². The molecule has 0 aromatic heterocycles. The van der Waals surface area contributed by atoms with Gasteiger partial charge in [-0.25, -0.2) is 0 Å². The van der Waals surface area contributed by atoms with Crippen molar-refractivity contribution in [1.82, 2.24) is 0 Å². The molecule has 0 heterocycles. The largest absolute Gasteiger partial charge is 0.391 e. The van der Waals surface area contributed by atoms with E-state index in [0.717, 1.165) is 30.6 Å². The second-order valence-electron chi connectivity index (χ2n) is 5.46. The van der Waals surface area contributed by atoms with Crippen molar-refractivity contribution in [2.45, 2.75) is 37.8 Å². The van der Waals surface area contributed by atoms with E-state index in [1.165, 1.54) is 6.42 Å². The number of anilines is 2. The molecule has 20 heavy (non-hydrogen) atoms. The Morgan fingerprint density at radius 2 is 1.25 bits per heavy atom. The normalized spacial score (nSPS) is 22.4. The van der Waals surface area contributed by atoms with Crippen LogP contribution in [-0.2, 0) is 0 Å². The first-order chi connectivity index (χ1) is 9.86. The average Bonchev–Trinajstić information content (AvgIpc) is 2.52. The quantitative estimate of drug-likeness (QED) is 0.904. The number of rotatable bonds is 3. The maximum atomic E-state index is 10.4. The molecule has 0 saturated heterocycles. The molecule has 2 nitrogen and oxygen atoms in total. The van der Waals surface area contributed by atoms with Gasteiger partial charge in [0.2, 0.25) is 0 Å². The molecule has 104 valence electrons. The monoisotopic (exact) mass is 267 g/mol. The first kappa shape index (κ1) is 13.2. The first-order valence-electron chi connectivity index (χ1n) is 7.43. The molecule has 2 atom stereocenters. The van der Waals surface area contributed by atoms with Gasteiger partial charge in [-0.05, 0) is 37.1 Å². The van der Waals surface area contributed by atoms with Gasteiger partial charge >= 0.3 is 0 Å². The first-order valence-corrected chi connectivity index (χ1v) is 7.43. The summed E-state index contributed by atoms with van der Waals surface area (Å²) in [6, 6.07) is 20.9. The standard InChI is InChI=1S/C18H21NO/c20-18-14-8-7-13-17(18)19(15-9-3-1-4-10-15)16-11-5-2-6-12-16/h1-6,9-12,17-18,20H,7-8,13-14H2/t17-,18+/m1/s1. The van der Waals surface area contributed by atoms with Crippen LogP contribution in [-0.4, -0.2) is 17.3 Å². The summed E-state index contributed by atoms with van der Waals surface area (Å²) >= 11 is 0. The van der Waals surface area contributed by atoms with Crippen molar-refractivity contribution in [3.8, 4) is 0 Å². The number of benzene rings is 2. The van der Waals surface area contributed by atoms with Crippen LogP contribution in [0, 0.1) is 0 Å². The summed E-state index contributed by atoms with van der Waals surface area (Å²) in [5, 5.41) is 10.4. The van der Waals surface area contributed by atoms with Crippen LogP contribution in [0.3, 0.4) is 0 Å². The van der Waals surface area contributed by atoms with E-state index in [1.54, 1.807) is 0 Å². The summed E-state index contributed by atoms with van der Waals surface area (Å²) in [6.45, 7) is 0. The van der Waals surface area contributed by atoms with Crippen molar-refractivity contribution >= 4 is 11.4 Å². The zero-order valence-corrected chi connectivity index (χ0v) is 11.7. The third-order valence-corrected chi connectivity index (χ3v) is 4.09. The Hall–Kier alpha value is -1.80. The maximum Gasteiger partial charge on any atom is 0.0747 e. The molecule has 0 bridgehead atoms. The predicted molar refractivity (Wildman–Crippen MR) is 83.3 cm³/mol. The van der Waals surface area contributed by atoms with Gasteiger partial charge in [0, 0.05) is 11.4 Å². The molecule has 1 aliphatic rings. The minimum absolute atomic E-state index is 0.175. The van der Waals surface area contributed by atoms with Crippen molar-refractivity contribution in [3.63, 3.8) is 0 Å². The van der Waals surface area contributed by atoms with Crippen molar-refractivity contribution in [1.29, 1.82) is 0 Å². The fourth-order valence-electron chi connectivity index (χ4n) is 3.10. The fraction of sp³-hybridized carbons (Fsp3) is 0.333. The molecule has 1 saturated carbocycles. The summed E-state index contributed by atoms with van der Waals surface area (Å²) in [6.07, 6.45) is 4.03. The fourth-order valence-corrected chi connectivity index (χ4v) is 3.10. The lowest BCUT2D eigenvalue weighted by atomic mass is 9.90. The average molecular weight is 267 g/mol. The topological polar surface area (TPSA) is 23.5 Å². The Bertz CT molecular complexity index is 486. The van der Waals surface area contributed by atoms with Crippen LogP contribution in [0.25, 0.3) is 0 Å². The minimum Gasteiger partial charge on any atom is -0.391 e. The molecule has 2 heteroatoms. The molecular weight excluding hydrogens is 246 g/mol. The van der Waals surface area contributed by atoms with Gasteiger partial charge in [0.25, 0.3) is 0 Å². The molecular formula is C18H21NO. The lowest BCUT2D eigenvalue weighted by molar-refractivity contribution is 0.108. The molecule has 3 rings (SSSR count). The van der Waals surface area contributed by atoms with E-state index in [4.69, 9.17) is 0 Å². The lowest BCUT2D eigenvalue weighted by Crippen LogP contribution is -2.43. The highest BCUT2D eigenvalue weighted by atomic mass is 16.3. The highest BCUT2D eigenvalue weighted by molar-refractivity contribution is 5.64. The second kappa shape index (κ2) is 6.10. The number of aliphatic hydroxyl groups excluding tert-OH is 1. The molecule has 1 N–H and O–H groups in total. The van der Waals surface area contributed by atoms with Gasteiger partial charge in [0.05, 0.1) is 12.1 Å². The zero-order chi connectivity index (χ0) is 13.8. The minimum atomic E-state index is -0.246. The number of aliphatic hydroxyl groups is 1. The van der Waals surface area contributed by atoms with Crippen molar-refractivity contribution in [2.24, 2.45) is 0 Å². The number of hydrogen-bond acceptors (Lipinski definition) is 2. The van der Waals surface area contributed by atoms with Crippen molar-refractivity contribution in [3.05, 3.63) is 60.7 Å². The number of nitrogens with zero attached hydrogens (tertiary/aromatic N) is 1. The van der Waals surface area contributed by atoms with E-state index < -0.39 is 0 Å². The van der Waals surface area contributed by atoms with E-state index in [2.05, 4.69) is 53.4 Å². The Kier molecular flexibility index (Phi) is 4.03. The number of hydrogen-bond donors (Lipinski definition) is 1. The third kappa shape index (κ3) is 2.70. The molecule has 0 aliphatic heterocycles. The van der Waals surface area contributed by atoms with E-state index in [9.17, 15) is 5.11 Å². The highest BCUT2D eigenvalue weighted by Crippen LogP contribution is 2.34. The van der Waals surface area contributed by atoms with Crippen LogP contribution in [0.4, 0.5) is 11.4 Å². The lowest BCUT2D eigenvalue weighted by Gasteiger charge is -2.39. The van der Waals surface area contributed by atoms with Crippen LogP contribution >= 0.6 is 0 Å². The highest BCUT2D eigenvalue weighted by Gasteiger charge is 2.29. The van der Waals surface area contributed by atoms with E-state index >= 15 is 0 Å². The Labute approximate surface area is 120 Å². The molecule has 1 aliphatic carbocycles. The zero-order valence-electron chi connectivity index (χ0n) is 11.7. The van der Waals surface area contributed by atoms with Gasteiger partial charge < -0.3 is 10.0 Å². The molecule has 1 fully saturated rings. The van der Waals surface area contributed by atoms with Gasteiger partial charge in [-0.3, -0.25) is 0 Å². The summed E-state index contributed by atoms with van der Waals surface area (Å²) in [7, 11) is 0. The third-order valence-electron chi connectivity index (χ3n) is 4.09. The molecule has 0 unspecified atom stereocenters. The van der Waals surface area contributed by atoms with E-state index in [-0.39, 0.29) is 12.1 Å².